The van der Waals surface area contributed by atoms with Gasteiger partial charge in [0, 0.05) is 31.1 Å². The number of nitriles is 1. The van der Waals surface area contributed by atoms with Crippen LogP contribution in [0.15, 0.2) is 60.7 Å². The minimum Gasteiger partial charge on any atom is -0.332 e. The lowest BCUT2D eigenvalue weighted by atomic mass is 9.91. The van der Waals surface area contributed by atoms with Gasteiger partial charge in [-0.05, 0) is 23.6 Å². The van der Waals surface area contributed by atoms with Gasteiger partial charge in [0.25, 0.3) is 5.91 Å². The third-order valence-corrected chi connectivity index (χ3v) is 5.98. The molecule has 2 fully saturated rings. The maximum absolute atomic E-state index is 12.9. The van der Waals surface area contributed by atoms with Crippen LogP contribution in [-0.4, -0.2) is 51.6 Å². The van der Waals surface area contributed by atoms with Crippen molar-refractivity contribution in [2.75, 3.05) is 19.6 Å². The van der Waals surface area contributed by atoms with E-state index in [-0.39, 0.29) is 11.9 Å². The van der Waals surface area contributed by atoms with E-state index in [2.05, 4.69) is 34.6 Å². The van der Waals surface area contributed by atoms with E-state index in [1.54, 1.807) is 4.90 Å². The van der Waals surface area contributed by atoms with Crippen LogP contribution < -0.4 is 0 Å². The summed E-state index contributed by atoms with van der Waals surface area (Å²) in [6, 6.07) is 20.5. The number of benzene rings is 2. The average molecular weight is 383 g/mol. The number of H-pyrrole nitrogens is 1. The molecule has 2 aromatic carbocycles. The van der Waals surface area contributed by atoms with Crippen LogP contribution >= 0.6 is 0 Å². The Morgan fingerprint density at radius 2 is 1.90 bits per heavy atom. The molecule has 1 amide bonds. The van der Waals surface area contributed by atoms with Gasteiger partial charge in [-0.3, -0.25) is 9.89 Å². The van der Waals surface area contributed by atoms with Gasteiger partial charge in [0.2, 0.25) is 0 Å². The Bertz CT molecular complexity index is 1080. The van der Waals surface area contributed by atoms with Gasteiger partial charge < -0.3 is 9.80 Å². The molecule has 3 aromatic rings. The first-order valence-electron chi connectivity index (χ1n) is 9.86. The third-order valence-electron chi connectivity index (χ3n) is 5.98. The summed E-state index contributed by atoms with van der Waals surface area (Å²) in [6.45, 7) is 2.10. The minimum absolute atomic E-state index is 0.0367. The van der Waals surface area contributed by atoms with Gasteiger partial charge >= 0.3 is 0 Å². The van der Waals surface area contributed by atoms with E-state index in [1.165, 1.54) is 11.1 Å². The fourth-order valence-corrected chi connectivity index (χ4v) is 4.42. The molecule has 1 N–H and O–H groups in total. The largest absolute Gasteiger partial charge is 0.332 e. The molecule has 0 saturated carbocycles. The van der Waals surface area contributed by atoms with Crippen LogP contribution in [0.5, 0.6) is 0 Å². The molecule has 2 aliphatic heterocycles. The zero-order valence-electron chi connectivity index (χ0n) is 16.0. The van der Waals surface area contributed by atoms with Crippen LogP contribution in [-0.2, 0) is 6.42 Å². The summed E-state index contributed by atoms with van der Waals surface area (Å²) in [5.74, 6) is 0.373. The number of fused-ring (bicyclic) bond motifs is 1. The number of rotatable bonds is 4. The highest BCUT2D eigenvalue weighted by Gasteiger charge is 2.48. The first-order chi connectivity index (χ1) is 14.2. The monoisotopic (exact) mass is 383 g/mol. The molecule has 5 rings (SSSR count). The zero-order chi connectivity index (χ0) is 19.8. The number of amides is 1. The molecule has 2 aliphatic rings. The summed E-state index contributed by atoms with van der Waals surface area (Å²) in [7, 11) is 0. The highest BCUT2D eigenvalue weighted by molar-refractivity contribution is 5.94. The Morgan fingerprint density at radius 3 is 2.72 bits per heavy atom. The molecule has 6 nitrogen and oxygen atoms in total. The number of carbonyl (C=O) groups is 1. The lowest BCUT2D eigenvalue weighted by molar-refractivity contribution is 0.0321. The molecule has 0 radical (unpaired) electrons. The summed E-state index contributed by atoms with van der Waals surface area (Å²) in [6.07, 6.45) is 3.00. The van der Waals surface area contributed by atoms with Gasteiger partial charge in [0.1, 0.15) is 5.69 Å². The van der Waals surface area contributed by atoms with Crippen molar-refractivity contribution < 1.29 is 4.79 Å². The number of aromatic nitrogens is 2. The normalized spacial score (nSPS) is 20.1. The number of likely N-dealkylation sites (tertiary alicyclic amines) is 2. The summed E-state index contributed by atoms with van der Waals surface area (Å²) >= 11 is 0. The van der Waals surface area contributed by atoms with Crippen molar-refractivity contribution in [3.8, 4) is 17.5 Å². The summed E-state index contributed by atoms with van der Waals surface area (Å²) in [5.41, 5.74) is 4.73. The lowest BCUT2D eigenvalue weighted by Gasteiger charge is -2.42. The van der Waals surface area contributed by atoms with Gasteiger partial charge in [0.05, 0.1) is 11.7 Å². The Labute approximate surface area is 169 Å². The van der Waals surface area contributed by atoms with Crippen molar-refractivity contribution in [2.24, 2.45) is 5.92 Å². The number of hydrogen-bond acceptors (Lipinski definition) is 4. The van der Waals surface area contributed by atoms with Crippen LogP contribution in [0.2, 0.25) is 0 Å². The van der Waals surface area contributed by atoms with Crippen LogP contribution in [0, 0.1) is 17.4 Å². The highest BCUT2D eigenvalue weighted by Crippen LogP contribution is 2.33. The Hall–Kier alpha value is -3.59. The summed E-state index contributed by atoms with van der Waals surface area (Å²) in [4.78, 5) is 16.5. The van der Waals surface area contributed by atoms with Gasteiger partial charge in [0.15, 0.2) is 6.19 Å². The Kier molecular flexibility index (Phi) is 4.28. The zero-order valence-corrected chi connectivity index (χ0v) is 16.0. The van der Waals surface area contributed by atoms with Crippen LogP contribution in [0.1, 0.15) is 21.6 Å². The predicted octanol–water partition coefficient (Wildman–Crippen LogP) is 2.90. The quantitative estimate of drug-likeness (QED) is 0.703. The Balaban J connectivity index is 1.36. The third kappa shape index (κ3) is 3.15. The molecule has 144 valence electrons. The molecule has 1 aromatic heterocycles. The van der Waals surface area contributed by atoms with Crippen LogP contribution in [0.4, 0.5) is 0 Å². The van der Waals surface area contributed by atoms with Gasteiger partial charge in [-0.1, -0.05) is 54.6 Å². The van der Waals surface area contributed by atoms with Crippen LogP contribution in [0.3, 0.4) is 0 Å². The molecule has 0 bridgehead atoms. The second-order valence-electron chi connectivity index (χ2n) is 7.78. The topological polar surface area (TPSA) is 76.0 Å². The summed E-state index contributed by atoms with van der Waals surface area (Å²) in [5, 5.41) is 16.5. The fraction of sp³-hybridized carbons (Fsp3) is 0.261. The fourth-order valence-electron chi connectivity index (χ4n) is 4.42. The second-order valence-corrected chi connectivity index (χ2v) is 7.78. The number of carbonyl (C=O) groups excluding carboxylic acids is 1. The predicted molar refractivity (Wildman–Crippen MR) is 109 cm³/mol. The van der Waals surface area contributed by atoms with Crippen molar-refractivity contribution in [1.82, 2.24) is 20.0 Å². The maximum atomic E-state index is 12.9. The molecular formula is C23H21N5O. The molecule has 2 saturated heterocycles. The van der Waals surface area contributed by atoms with E-state index in [9.17, 15) is 4.79 Å². The maximum Gasteiger partial charge on any atom is 0.272 e. The lowest BCUT2D eigenvalue weighted by Crippen LogP contribution is -2.58. The van der Waals surface area contributed by atoms with E-state index >= 15 is 0 Å². The standard InChI is InChI=1S/C23H21N5O/c24-15-27-12-18-13-28(22(18)14-27)23(29)21-11-20(25-26-21)19-9-5-4-8-17(19)10-16-6-2-1-3-7-16/h1-9,11,18,22H,10,12-14H2,(H,25,26)/t18-,22?/m0/s1. The van der Waals surface area contributed by atoms with E-state index in [0.29, 0.717) is 24.7 Å². The van der Waals surface area contributed by atoms with Crippen LogP contribution in [0.25, 0.3) is 11.3 Å². The van der Waals surface area contributed by atoms with Crippen molar-refractivity contribution in [1.29, 1.82) is 5.26 Å². The minimum atomic E-state index is -0.0367. The van der Waals surface area contributed by atoms with Crippen molar-refractivity contribution >= 4 is 5.91 Å². The average Bonchev–Trinajstić information content (AvgIpc) is 3.35. The van der Waals surface area contributed by atoms with E-state index in [1.807, 2.05) is 47.4 Å². The Morgan fingerprint density at radius 1 is 1.10 bits per heavy atom. The smallest absolute Gasteiger partial charge is 0.272 e. The molecular weight excluding hydrogens is 362 g/mol. The number of nitrogens with zero attached hydrogens (tertiary/aromatic N) is 4. The summed E-state index contributed by atoms with van der Waals surface area (Å²) < 4.78 is 0. The number of hydrogen-bond donors (Lipinski definition) is 1. The van der Waals surface area contributed by atoms with E-state index in [0.717, 1.165) is 24.2 Å². The highest BCUT2D eigenvalue weighted by atomic mass is 16.2. The van der Waals surface area contributed by atoms with Gasteiger partial charge in [-0.2, -0.15) is 10.4 Å². The van der Waals surface area contributed by atoms with Gasteiger partial charge in [-0.25, -0.2) is 0 Å². The van der Waals surface area contributed by atoms with E-state index < -0.39 is 0 Å². The van der Waals surface area contributed by atoms with Crippen molar-refractivity contribution in [2.45, 2.75) is 12.5 Å². The van der Waals surface area contributed by atoms with Crippen molar-refractivity contribution in [3.63, 3.8) is 0 Å². The molecule has 29 heavy (non-hydrogen) atoms. The molecule has 0 aliphatic carbocycles. The van der Waals surface area contributed by atoms with E-state index in [4.69, 9.17) is 5.26 Å². The number of aromatic amines is 1. The first-order valence-corrected chi connectivity index (χ1v) is 9.86. The molecule has 2 atom stereocenters. The molecule has 0 spiro atoms. The van der Waals surface area contributed by atoms with Gasteiger partial charge in [-0.15, -0.1) is 0 Å². The number of nitrogens with one attached hydrogen (secondary N) is 1. The molecule has 1 unspecified atom stereocenters. The van der Waals surface area contributed by atoms with Crippen molar-refractivity contribution in [3.05, 3.63) is 77.5 Å². The molecule has 3 heterocycles. The second kappa shape index (κ2) is 7.10. The first kappa shape index (κ1) is 17.5. The SMILES string of the molecule is N#CN1CC2[C@@H](C1)CN2C(=O)c1cc(-c2ccccc2Cc2ccccc2)n[nH]1. The molecule has 6 heteroatoms.